The van der Waals surface area contributed by atoms with Crippen molar-refractivity contribution >= 4 is 40.6 Å². The van der Waals surface area contributed by atoms with Crippen LogP contribution in [0.4, 0.5) is 5.69 Å². The molecule has 0 radical (unpaired) electrons. The minimum atomic E-state index is -0.517. The van der Waals surface area contributed by atoms with E-state index in [4.69, 9.17) is 27.9 Å². The van der Waals surface area contributed by atoms with Gasteiger partial charge in [0.1, 0.15) is 6.42 Å². The lowest BCUT2D eigenvalue weighted by atomic mass is 10.1. The van der Waals surface area contributed by atoms with Gasteiger partial charge in [-0.1, -0.05) is 53.5 Å². The first-order valence-corrected chi connectivity index (χ1v) is 8.66. The van der Waals surface area contributed by atoms with Gasteiger partial charge in [0.2, 0.25) is 0 Å². The number of hydrogen-bond acceptors (Lipinski definition) is 4. The maximum absolute atomic E-state index is 12.3. The molecule has 0 aliphatic carbocycles. The van der Waals surface area contributed by atoms with Gasteiger partial charge in [0.25, 0.3) is 0 Å². The molecule has 0 aliphatic heterocycles. The maximum atomic E-state index is 12.3. The molecule has 0 fully saturated rings. The van der Waals surface area contributed by atoms with Crippen molar-refractivity contribution in [1.29, 1.82) is 0 Å². The first-order valence-electron chi connectivity index (χ1n) is 7.90. The molecule has 0 amide bonds. The lowest BCUT2D eigenvalue weighted by Gasteiger charge is -2.24. The molecule has 0 saturated carbocycles. The number of ether oxygens (including phenoxy) is 1. The molecular formula is C19H19Cl2NO3. The lowest BCUT2D eigenvalue weighted by Crippen LogP contribution is -2.30. The molecule has 132 valence electrons. The Morgan fingerprint density at radius 2 is 1.68 bits per heavy atom. The van der Waals surface area contributed by atoms with E-state index in [-0.39, 0.29) is 25.4 Å². The SMILES string of the molecule is CCOC(=O)CC(=O)CN(Cc1ccccc1)c1cc(Cl)cc(Cl)c1. The minimum absolute atomic E-state index is 0.0599. The molecule has 0 bridgehead atoms. The Morgan fingerprint density at radius 3 is 2.28 bits per heavy atom. The number of benzene rings is 2. The molecule has 2 aromatic rings. The van der Waals surface area contributed by atoms with Gasteiger partial charge in [0, 0.05) is 22.3 Å². The summed E-state index contributed by atoms with van der Waals surface area (Å²) in [6.45, 7) is 2.51. The van der Waals surface area contributed by atoms with E-state index >= 15 is 0 Å². The number of nitrogens with zero attached hydrogens (tertiary/aromatic N) is 1. The van der Waals surface area contributed by atoms with Gasteiger partial charge in [0.15, 0.2) is 5.78 Å². The van der Waals surface area contributed by atoms with E-state index in [0.717, 1.165) is 11.3 Å². The van der Waals surface area contributed by atoms with Crippen LogP contribution in [0.25, 0.3) is 0 Å². The van der Waals surface area contributed by atoms with Crippen LogP contribution >= 0.6 is 23.2 Å². The molecule has 0 N–H and O–H groups in total. The summed E-state index contributed by atoms with van der Waals surface area (Å²) in [5.41, 5.74) is 1.75. The van der Waals surface area contributed by atoms with Crippen LogP contribution in [-0.2, 0) is 20.9 Å². The second kappa shape index (κ2) is 9.44. The van der Waals surface area contributed by atoms with Gasteiger partial charge in [-0.2, -0.15) is 0 Å². The van der Waals surface area contributed by atoms with E-state index < -0.39 is 5.97 Å². The lowest BCUT2D eigenvalue weighted by molar-refractivity contribution is -0.145. The Labute approximate surface area is 157 Å². The van der Waals surface area contributed by atoms with E-state index in [0.29, 0.717) is 16.6 Å². The molecule has 4 nitrogen and oxygen atoms in total. The topological polar surface area (TPSA) is 46.6 Å². The van der Waals surface area contributed by atoms with Crippen molar-refractivity contribution in [1.82, 2.24) is 0 Å². The van der Waals surface area contributed by atoms with Crippen LogP contribution in [-0.4, -0.2) is 24.9 Å². The first kappa shape index (κ1) is 19.3. The summed E-state index contributed by atoms with van der Waals surface area (Å²) in [7, 11) is 0. The molecular weight excluding hydrogens is 361 g/mol. The fourth-order valence-corrected chi connectivity index (χ4v) is 2.92. The average Bonchev–Trinajstić information content (AvgIpc) is 2.54. The van der Waals surface area contributed by atoms with Crippen molar-refractivity contribution < 1.29 is 14.3 Å². The van der Waals surface area contributed by atoms with Crippen LogP contribution in [0.1, 0.15) is 18.9 Å². The van der Waals surface area contributed by atoms with Crippen molar-refractivity contribution in [3.63, 3.8) is 0 Å². The van der Waals surface area contributed by atoms with Crippen molar-refractivity contribution in [3.05, 3.63) is 64.1 Å². The molecule has 0 aliphatic rings. The Kier molecular flexibility index (Phi) is 7.29. The monoisotopic (exact) mass is 379 g/mol. The van der Waals surface area contributed by atoms with Gasteiger partial charge >= 0.3 is 5.97 Å². The zero-order valence-electron chi connectivity index (χ0n) is 13.9. The number of esters is 1. The summed E-state index contributed by atoms with van der Waals surface area (Å²) in [5, 5.41) is 0.969. The number of Topliss-reactive ketones (excluding diaryl/α,β-unsaturated/α-hetero) is 1. The van der Waals surface area contributed by atoms with Crippen molar-refractivity contribution in [2.45, 2.75) is 19.9 Å². The third kappa shape index (κ3) is 6.40. The number of carbonyl (C=O) groups is 2. The third-order valence-electron chi connectivity index (χ3n) is 3.44. The van der Waals surface area contributed by atoms with Crippen LogP contribution < -0.4 is 4.90 Å². The highest BCUT2D eigenvalue weighted by atomic mass is 35.5. The molecule has 0 aromatic heterocycles. The molecule has 0 saturated heterocycles. The zero-order chi connectivity index (χ0) is 18.2. The Hall–Kier alpha value is -2.04. The summed E-state index contributed by atoms with van der Waals surface area (Å²) >= 11 is 12.2. The molecule has 2 rings (SSSR count). The van der Waals surface area contributed by atoms with E-state index in [1.807, 2.05) is 35.2 Å². The normalized spacial score (nSPS) is 10.4. The van der Waals surface area contributed by atoms with Gasteiger partial charge in [-0.25, -0.2) is 0 Å². The first-order chi connectivity index (χ1) is 12.0. The number of ketones is 1. The third-order valence-corrected chi connectivity index (χ3v) is 3.88. The predicted octanol–water partition coefficient (Wildman–Crippen LogP) is 4.52. The Morgan fingerprint density at radius 1 is 1.04 bits per heavy atom. The number of hydrogen-bond donors (Lipinski definition) is 0. The van der Waals surface area contributed by atoms with Crippen LogP contribution in [0.5, 0.6) is 0 Å². The second-order valence-electron chi connectivity index (χ2n) is 5.49. The zero-order valence-corrected chi connectivity index (χ0v) is 15.4. The number of halogens is 2. The molecule has 2 aromatic carbocycles. The van der Waals surface area contributed by atoms with Crippen molar-refractivity contribution in [3.8, 4) is 0 Å². The molecule has 6 heteroatoms. The summed E-state index contributed by atoms with van der Waals surface area (Å²) < 4.78 is 4.84. The minimum Gasteiger partial charge on any atom is -0.466 e. The van der Waals surface area contributed by atoms with Crippen LogP contribution in [0.2, 0.25) is 10.0 Å². The van der Waals surface area contributed by atoms with Crippen LogP contribution in [0.3, 0.4) is 0 Å². The quantitative estimate of drug-likeness (QED) is 0.499. The predicted molar refractivity (Wildman–Crippen MR) is 100 cm³/mol. The summed E-state index contributed by atoms with van der Waals surface area (Å²) in [4.78, 5) is 25.6. The van der Waals surface area contributed by atoms with Crippen molar-refractivity contribution in [2.75, 3.05) is 18.1 Å². The highest BCUT2D eigenvalue weighted by molar-refractivity contribution is 6.35. The maximum Gasteiger partial charge on any atom is 0.313 e. The van der Waals surface area contributed by atoms with Crippen LogP contribution in [0.15, 0.2) is 48.5 Å². The van der Waals surface area contributed by atoms with E-state index in [1.54, 1.807) is 25.1 Å². The van der Waals surface area contributed by atoms with Gasteiger partial charge in [-0.05, 0) is 30.7 Å². The summed E-state index contributed by atoms with van der Waals surface area (Å²) in [6, 6.07) is 14.8. The molecule has 25 heavy (non-hydrogen) atoms. The van der Waals surface area contributed by atoms with E-state index in [1.165, 1.54) is 0 Å². The summed E-state index contributed by atoms with van der Waals surface area (Å²) in [6.07, 6.45) is -0.257. The van der Waals surface area contributed by atoms with Gasteiger partial charge in [-0.3, -0.25) is 9.59 Å². The van der Waals surface area contributed by atoms with Gasteiger partial charge < -0.3 is 9.64 Å². The van der Waals surface area contributed by atoms with E-state index in [2.05, 4.69) is 0 Å². The number of rotatable bonds is 8. The second-order valence-corrected chi connectivity index (χ2v) is 6.36. The largest absolute Gasteiger partial charge is 0.466 e. The smallest absolute Gasteiger partial charge is 0.313 e. The average molecular weight is 380 g/mol. The summed E-state index contributed by atoms with van der Waals surface area (Å²) in [5.74, 6) is -0.748. The molecule has 0 heterocycles. The Balaban J connectivity index is 2.19. The van der Waals surface area contributed by atoms with Gasteiger partial charge in [-0.15, -0.1) is 0 Å². The number of carbonyl (C=O) groups excluding carboxylic acids is 2. The standard InChI is InChI=1S/C19H19Cl2NO3/c1-2-25-19(24)11-18(23)13-22(12-14-6-4-3-5-7-14)17-9-15(20)8-16(21)10-17/h3-10H,2,11-13H2,1H3. The number of anilines is 1. The molecule has 0 spiro atoms. The molecule has 0 unspecified atom stereocenters. The van der Waals surface area contributed by atoms with Gasteiger partial charge in [0.05, 0.1) is 13.2 Å². The fourth-order valence-electron chi connectivity index (χ4n) is 2.41. The van der Waals surface area contributed by atoms with Crippen molar-refractivity contribution in [2.24, 2.45) is 0 Å². The molecule has 0 atom stereocenters. The highest BCUT2D eigenvalue weighted by Crippen LogP contribution is 2.26. The highest BCUT2D eigenvalue weighted by Gasteiger charge is 2.17. The Bertz CT molecular complexity index is 714. The van der Waals surface area contributed by atoms with E-state index in [9.17, 15) is 9.59 Å². The fraction of sp³-hybridized carbons (Fsp3) is 0.263. The van der Waals surface area contributed by atoms with Crippen LogP contribution in [0, 0.1) is 0 Å².